The molecule has 1 spiro atoms. The number of carbonyl (C=O) groups excluding carboxylic acids is 1. The van der Waals surface area contributed by atoms with E-state index in [2.05, 4.69) is 55.5 Å². The molecule has 5 heteroatoms. The third kappa shape index (κ3) is 3.76. The second kappa shape index (κ2) is 7.37. The van der Waals surface area contributed by atoms with E-state index in [4.69, 9.17) is 11.6 Å². The molecule has 1 aromatic heterocycles. The van der Waals surface area contributed by atoms with E-state index in [1.165, 1.54) is 24.8 Å². The van der Waals surface area contributed by atoms with E-state index in [9.17, 15) is 4.79 Å². The summed E-state index contributed by atoms with van der Waals surface area (Å²) < 4.78 is 1.90. The highest BCUT2D eigenvalue weighted by Crippen LogP contribution is 2.55. The van der Waals surface area contributed by atoms with Crippen molar-refractivity contribution < 1.29 is 4.79 Å². The van der Waals surface area contributed by atoms with Crippen molar-refractivity contribution in [2.45, 2.75) is 70.9 Å². The molecule has 2 fully saturated rings. The van der Waals surface area contributed by atoms with Crippen LogP contribution in [0.1, 0.15) is 74.4 Å². The fourth-order valence-corrected chi connectivity index (χ4v) is 5.39. The molecule has 0 bridgehead atoms. The molecule has 5 rings (SSSR count). The normalized spacial score (nSPS) is 18.1. The molecule has 2 aliphatic rings. The fraction of sp³-hybridized carbons (Fsp3) is 0.462. The van der Waals surface area contributed by atoms with Crippen LogP contribution in [0.2, 0.25) is 5.02 Å². The zero-order chi connectivity index (χ0) is 21.8. The molecule has 162 valence electrons. The molecule has 1 amide bonds. The molecule has 3 aromatic rings. The molecule has 0 aliphatic heterocycles. The Morgan fingerprint density at radius 2 is 1.87 bits per heavy atom. The maximum atomic E-state index is 13.2. The Kier molecular flexibility index (Phi) is 4.89. The van der Waals surface area contributed by atoms with Crippen LogP contribution in [0, 0.1) is 5.41 Å². The molecule has 0 atom stereocenters. The standard InChI is InChI=1S/C26H30ClN3O/c1-25(2,3)18-7-5-17(6-8-18)16-30-23-20(9-10-22(27)21(23)15-28-30)24(31)29-19-13-26(14-19)11-4-12-26/h5-10,15,19H,4,11-14,16H2,1-3H3,(H,29,31). The first-order valence-electron chi connectivity index (χ1n) is 11.3. The summed E-state index contributed by atoms with van der Waals surface area (Å²) in [4.78, 5) is 13.2. The van der Waals surface area contributed by atoms with E-state index in [1.807, 2.05) is 10.7 Å². The average molecular weight is 436 g/mol. The SMILES string of the molecule is CC(C)(C)c1ccc(Cn2ncc3c(Cl)ccc(C(=O)NC4CC5(CCC5)C4)c32)cc1. The summed E-state index contributed by atoms with van der Waals surface area (Å²) in [6.45, 7) is 7.24. The van der Waals surface area contributed by atoms with Crippen molar-refractivity contribution >= 4 is 28.4 Å². The van der Waals surface area contributed by atoms with Crippen LogP contribution in [-0.2, 0) is 12.0 Å². The lowest BCUT2D eigenvalue weighted by atomic mass is 9.54. The zero-order valence-corrected chi connectivity index (χ0v) is 19.3. The molecule has 2 saturated carbocycles. The number of aromatic nitrogens is 2. The second-order valence-electron chi connectivity index (χ2n) is 10.5. The summed E-state index contributed by atoms with van der Waals surface area (Å²) in [6, 6.07) is 12.6. The second-order valence-corrected chi connectivity index (χ2v) is 10.9. The van der Waals surface area contributed by atoms with Gasteiger partial charge in [0.2, 0.25) is 0 Å². The lowest BCUT2D eigenvalue weighted by Gasteiger charge is -2.54. The number of fused-ring (bicyclic) bond motifs is 1. The molecular weight excluding hydrogens is 406 g/mol. The highest BCUT2D eigenvalue weighted by Gasteiger charge is 2.48. The van der Waals surface area contributed by atoms with E-state index >= 15 is 0 Å². The summed E-state index contributed by atoms with van der Waals surface area (Å²) in [6.07, 6.45) is 8.00. The van der Waals surface area contributed by atoms with E-state index in [0.29, 0.717) is 28.6 Å². The maximum Gasteiger partial charge on any atom is 0.253 e. The Balaban J connectivity index is 1.40. The lowest BCUT2D eigenvalue weighted by molar-refractivity contribution is -0.000604. The number of hydrogen-bond donors (Lipinski definition) is 1. The van der Waals surface area contributed by atoms with Gasteiger partial charge in [-0.25, -0.2) is 0 Å². The topological polar surface area (TPSA) is 46.9 Å². The minimum atomic E-state index is -0.0225. The lowest BCUT2D eigenvalue weighted by Crippen LogP contribution is -2.53. The quantitative estimate of drug-likeness (QED) is 0.538. The van der Waals surface area contributed by atoms with Gasteiger partial charge in [-0.3, -0.25) is 9.48 Å². The first-order chi connectivity index (χ1) is 14.7. The number of amides is 1. The van der Waals surface area contributed by atoms with Gasteiger partial charge in [0, 0.05) is 11.4 Å². The number of nitrogens with zero attached hydrogens (tertiary/aromatic N) is 2. The minimum absolute atomic E-state index is 0.0225. The van der Waals surface area contributed by atoms with Gasteiger partial charge < -0.3 is 5.32 Å². The maximum absolute atomic E-state index is 13.2. The van der Waals surface area contributed by atoms with Crippen LogP contribution in [0.25, 0.3) is 10.9 Å². The number of benzene rings is 2. The van der Waals surface area contributed by atoms with Gasteiger partial charge in [-0.2, -0.15) is 5.10 Å². The van der Waals surface area contributed by atoms with E-state index in [1.54, 1.807) is 12.3 Å². The molecule has 4 nitrogen and oxygen atoms in total. The number of carbonyl (C=O) groups is 1. The molecule has 1 N–H and O–H groups in total. The Morgan fingerprint density at radius 3 is 2.48 bits per heavy atom. The van der Waals surface area contributed by atoms with Crippen LogP contribution in [0.3, 0.4) is 0 Å². The molecule has 0 radical (unpaired) electrons. The average Bonchev–Trinajstić information content (AvgIpc) is 3.07. The smallest absolute Gasteiger partial charge is 0.253 e. The highest BCUT2D eigenvalue weighted by atomic mass is 35.5. The van der Waals surface area contributed by atoms with Crippen LogP contribution < -0.4 is 5.32 Å². The zero-order valence-electron chi connectivity index (χ0n) is 18.5. The molecular formula is C26H30ClN3O. The number of halogens is 1. The predicted molar refractivity (Wildman–Crippen MR) is 126 cm³/mol. The van der Waals surface area contributed by atoms with Gasteiger partial charge in [0.25, 0.3) is 5.91 Å². The van der Waals surface area contributed by atoms with Gasteiger partial charge in [-0.05, 0) is 59.8 Å². The van der Waals surface area contributed by atoms with Crippen LogP contribution in [-0.4, -0.2) is 21.7 Å². The Morgan fingerprint density at radius 1 is 1.16 bits per heavy atom. The first kappa shape index (κ1) is 20.6. The van der Waals surface area contributed by atoms with Crippen LogP contribution in [0.5, 0.6) is 0 Å². The monoisotopic (exact) mass is 435 g/mol. The van der Waals surface area contributed by atoms with Crippen molar-refractivity contribution in [1.29, 1.82) is 0 Å². The van der Waals surface area contributed by atoms with Crippen LogP contribution in [0.4, 0.5) is 0 Å². The van der Waals surface area contributed by atoms with Gasteiger partial charge in [-0.15, -0.1) is 0 Å². The summed E-state index contributed by atoms with van der Waals surface area (Å²) in [5.41, 5.74) is 4.56. The molecule has 0 unspecified atom stereocenters. The van der Waals surface area contributed by atoms with Gasteiger partial charge in [0.1, 0.15) is 0 Å². The Hall–Kier alpha value is -2.33. The van der Waals surface area contributed by atoms with E-state index in [-0.39, 0.29) is 11.3 Å². The molecule has 2 aromatic carbocycles. The van der Waals surface area contributed by atoms with Gasteiger partial charge in [0.05, 0.1) is 28.8 Å². The third-order valence-electron chi connectivity index (χ3n) is 7.25. The Bertz CT molecular complexity index is 1130. The van der Waals surface area contributed by atoms with E-state index < -0.39 is 0 Å². The summed E-state index contributed by atoms with van der Waals surface area (Å²) >= 11 is 6.44. The third-order valence-corrected chi connectivity index (χ3v) is 7.58. The summed E-state index contributed by atoms with van der Waals surface area (Å²) in [5.74, 6) is -0.0225. The van der Waals surface area contributed by atoms with Gasteiger partial charge >= 0.3 is 0 Å². The van der Waals surface area contributed by atoms with Crippen molar-refractivity contribution in [2.75, 3.05) is 0 Å². The Labute approximate surface area is 189 Å². The molecule has 1 heterocycles. The summed E-state index contributed by atoms with van der Waals surface area (Å²) in [5, 5.41) is 9.27. The van der Waals surface area contributed by atoms with Crippen molar-refractivity contribution in [3.63, 3.8) is 0 Å². The molecule has 0 saturated heterocycles. The highest BCUT2D eigenvalue weighted by molar-refractivity contribution is 6.36. The number of hydrogen-bond acceptors (Lipinski definition) is 2. The van der Waals surface area contributed by atoms with Crippen molar-refractivity contribution in [1.82, 2.24) is 15.1 Å². The van der Waals surface area contributed by atoms with Crippen LogP contribution >= 0.6 is 11.6 Å². The molecule has 31 heavy (non-hydrogen) atoms. The minimum Gasteiger partial charge on any atom is -0.349 e. The predicted octanol–water partition coefficient (Wildman–Crippen LogP) is 6.10. The largest absolute Gasteiger partial charge is 0.349 e. The molecule has 2 aliphatic carbocycles. The number of rotatable bonds is 4. The van der Waals surface area contributed by atoms with Crippen molar-refractivity contribution in [3.8, 4) is 0 Å². The van der Waals surface area contributed by atoms with E-state index in [0.717, 1.165) is 29.3 Å². The number of nitrogens with one attached hydrogen (secondary N) is 1. The first-order valence-corrected chi connectivity index (χ1v) is 11.7. The van der Waals surface area contributed by atoms with Crippen molar-refractivity contribution in [2.24, 2.45) is 5.41 Å². The summed E-state index contributed by atoms with van der Waals surface area (Å²) in [7, 11) is 0. The van der Waals surface area contributed by atoms with Crippen molar-refractivity contribution in [3.05, 3.63) is 64.3 Å². The fourth-order valence-electron chi connectivity index (χ4n) is 5.19. The van der Waals surface area contributed by atoms with Crippen LogP contribution in [0.15, 0.2) is 42.6 Å². The van der Waals surface area contributed by atoms with Gasteiger partial charge in [0.15, 0.2) is 0 Å². The van der Waals surface area contributed by atoms with Gasteiger partial charge in [-0.1, -0.05) is 63.1 Å².